The van der Waals surface area contributed by atoms with Gasteiger partial charge in [0.1, 0.15) is 5.76 Å². The fraction of sp³-hybridized carbons (Fsp3) is 0.200. The van der Waals surface area contributed by atoms with Crippen molar-refractivity contribution < 1.29 is 18.0 Å². The molecule has 1 aliphatic rings. The van der Waals surface area contributed by atoms with E-state index >= 15 is 0 Å². The van der Waals surface area contributed by atoms with Gasteiger partial charge in [-0.3, -0.25) is 4.79 Å². The summed E-state index contributed by atoms with van der Waals surface area (Å²) in [5.74, 6) is -1.50. The highest BCUT2D eigenvalue weighted by Gasteiger charge is 2.29. The van der Waals surface area contributed by atoms with Crippen molar-refractivity contribution in [2.75, 3.05) is 11.4 Å². The van der Waals surface area contributed by atoms with Gasteiger partial charge in [0.25, 0.3) is 5.91 Å². The van der Waals surface area contributed by atoms with Gasteiger partial charge in [-0.2, -0.15) is 0 Å². The number of carbonyl (C=O) groups is 1. The van der Waals surface area contributed by atoms with E-state index in [4.69, 9.17) is 4.42 Å². The minimum atomic E-state index is -0.967. The van der Waals surface area contributed by atoms with Crippen molar-refractivity contribution in [3.8, 4) is 11.5 Å². The third-order valence-corrected chi connectivity index (χ3v) is 4.51. The fourth-order valence-electron chi connectivity index (χ4n) is 3.21. The molecule has 0 bridgehead atoms. The van der Waals surface area contributed by atoms with E-state index in [9.17, 15) is 13.6 Å². The van der Waals surface area contributed by atoms with Crippen LogP contribution in [0.1, 0.15) is 28.2 Å². The fourth-order valence-corrected chi connectivity index (χ4v) is 3.21. The van der Waals surface area contributed by atoms with Crippen LogP contribution in [-0.4, -0.2) is 17.4 Å². The Morgan fingerprint density at radius 1 is 1.15 bits per heavy atom. The number of nitrogens with zero attached hydrogens (tertiary/aromatic N) is 2. The van der Waals surface area contributed by atoms with Gasteiger partial charge < -0.3 is 9.32 Å². The van der Waals surface area contributed by atoms with Crippen LogP contribution in [0, 0.1) is 18.6 Å². The molecule has 4 rings (SSSR count). The first-order chi connectivity index (χ1) is 12.5. The number of fused-ring (bicyclic) bond motifs is 1. The summed E-state index contributed by atoms with van der Waals surface area (Å²) < 4.78 is 32.9. The topological polar surface area (TPSA) is 46.3 Å². The highest BCUT2D eigenvalue weighted by Crippen LogP contribution is 2.31. The number of hydrogen-bond acceptors (Lipinski definition) is 3. The number of benzene rings is 2. The molecular formula is C20H16F2N2O2. The molecule has 0 aliphatic carbocycles. The smallest absolute Gasteiger partial charge is 0.280 e. The first-order valence-electron chi connectivity index (χ1n) is 8.37. The van der Waals surface area contributed by atoms with Crippen molar-refractivity contribution in [1.29, 1.82) is 0 Å². The van der Waals surface area contributed by atoms with E-state index in [1.54, 1.807) is 6.92 Å². The van der Waals surface area contributed by atoms with Gasteiger partial charge >= 0.3 is 0 Å². The Morgan fingerprint density at radius 2 is 1.88 bits per heavy atom. The average Bonchev–Trinajstić information content (AvgIpc) is 3.04. The van der Waals surface area contributed by atoms with Crippen LogP contribution in [0.3, 0.4) is 0 Å². The van der Waals surface area contributed by atoms with Crippen LogP contribution in [-0.2, 0) is 6.42 Å². The van der Waals surface area contributed by atoms with Crippen LogP contribution >= 0.6 is 0 Å². The monoisotopic (exact) mass is 354 g/mol. The first kappa shape index (κ1) is 16.4. The van der Waals surface area contributed by atoms with Crippen molar-refractivity contribution >= 4 is 11.6 Å². The van der Waals surface area contributed by atoms with Crippen LogP contribution in [0.5, 0.6) is 0 Å². The highest BCUT2D eigenvalue weighted by molar-refractivity contribution is 6.06. The molecule has 0 unspecified atom stereocenters. The second kappa shape index (κ2) is 6.37. The SMILES string of the molecule is Cc1oc(-c2ccccc2)nc1C(=O)N1CCCc2cc(F)c(F)cc21. The number of halogens is 2. The summed E-state index contributed by atoms with van der Waals surface area (Å²) in [6, 6.07) is 11.5. The molecule has 0 spiro atoms. The molecule has 26 heavy (non-hydrogen) atoms. The molecule has 1 amide bonds. The molecule has 0 saturated carbocycles. The molecule has 1 aliphatic heterocycles. The number of amides is 1. The predicted molar refractivity (Wildman–Crippen MR) is 93.0 cm³/mol. The number of aromatic nitrogens is 1. The van der Waals surface area contributed by atoms with Crippen molar-refractivity contribution in [3.05, 3.63) is 71.1 Å². The second-order valence-electron chi connectivity index (χ2n) is 6.25. The molecule has 132 valence electrons. The minimum Gasteiger partial charge on any atom is -0.441 e. The molecular weight excluding hydrogens is 338 g/mol. The maximum atomic E-state index is 13.7. The number of rotatable bonds is 2. The molecule has 0 atom stereocenters. The summed E-state index contributed by atoms with van der Waals surface area (Å²) in [7, 11) is 0. The first-order valence-corrected chi connectivity index (χ1v) is 8.37. The van der Waals surface area contributed by atoms with E-state index in [1.165, 1.54) is 4.90 Å². The number of carbonyl (C=O) groups excluding carboxylic acids is 1. The van der Waals surface area contributed by atoms with Gasteiger partial charge in [0.05, 0.1) is 5.69 Å². The Labute approximate surface area is 149 Å². The van der Waals surface area contributed by atoms with E-state index in [2.05, 4.69) is 4.98 Å². The lowest BCUT2D eigenvalue weighted by Gasteiger charge is -2.29. The van der Waals surface area contributed by atoms with E-state index in [1.807, 2.05) is 30.3 Å². The number of aryl methyl sites for hydroxylation is 2. The summed E-state index contributed by atoms with van der Waals surface area (Å²) in [5.41, 5.74) is 1.96. The quantitative estimate of drug-likeness (QED) is 0.680. The molecule has 6 heteroatoms. The summed E-state index contributed by atoms with van der Waals surface area (Å²) in [6.07, 6.45) is 1.27. The van der Waals surface area contributed by atoms with Crippen molar-refractivity contribution in [2.45, 2.75) is 19.8 Å². The summed E-state index contributed by atoms with van der Waals surface area (Å²) in [4.78, 5) is 18.8. The van der Waals surface area contributed by atoms with Gasteiger partial charge in [-0.15, -0.1) is 0 Å². The standard InChI is InChI=1S/C20H16F2N2O2/c1-12-18(23-19(26-12)13-6-3-2-4-7-13)20(25)24-9-5-8-14-10-15(21)16(22)11-17(14)24/h2-4,6-7,10-11H,5,8-9H2,1H3. The number of hydrogen-bond donors (Lipinski definition) is 0. The van der Waals surface area contributed by atoms with Crippen LogP contribution in [0.25, 0.3) is 11.5 Å². The van der Waals surface area contributed by atoms with E-state index < -0.39 is 11.6 Å². The zero-order valence-electron chi connectivity index (χ0n) is 14.1. The lowest BCUT2D eigenvalue weighted by Crippen LogP contribution is -2.36. The molecule has 2 heterocycles. The van der Waals surface area contributed by atoms with Crippen LogP contribution in [0.4, 0.5) is 14.5 Å². The maximum absolute atomic E-state index is 13.7. The lowest BCUT2D eigenvalue weighted by molar-refractivity contribution is 0.0979. The predicted octanol–water partition coefficient (Wildman–Crippen LogP) is 4.52. The van der Waals surface area contributed by atoms with Gasteiger partial charge in [-0.25, -0.2) is 13.8 Å². The van der Waals surface area contributed by atoms with Gasteiger partial charge in [0.15, 0.2) is 17.3 Å². The third kappa shape index (κ3) is 2.77. The molecule has 4 nitrogen and oxygen atoms in total. The zero-order valence-corrected chi connectivity index (χ0v) is 14.1. The number of anilines is 1. The molecule has 0 radical (unpaired) electrons. The van der Waals surface area contributed by atoms with Crippen molar-refractivity contribution in [1.82, 2.24) is 4.98 Å². The van der Waals surface area contributed by atoms with Crippen molar-refractivity contribution in [3.63, 3.8) is 0 Å². The Bertz CT molecular complexity index is 983. The molecule has 0 saturated heterocycles. The highest BCUT2D eigenvalue weighted by atomic mass is 19.2. The second-order valence-corrected chi connectivity index (χ2v) is 6.25. The Balaban J connectivity index is 1.72. The molecule has 3 aromatic rings. The van der Waals surface area contributed by atoms with Gasteiger partial charge in [0, 0.05) is 18.2 Å². The Kier molecular flexibility index (Phi) is 4.03. The third-order valence-electron chi connectivity index (χ3n) is 4.51. The summed E-state index contributed by atoms with van der Waals surface area (Å²) >= 11 is 0. The maximum Gasteiger partial charge on any atom is 0.280 e. The van der Waals surface area contributed by atoms with Gasteiger partial charge in [-0.1, -0.05) is 18.2 Å². The summed E-state index contributed by atoms with van der Waals surface area (Å²) in [6.45, 7) is 2.09. The summed E-state index contributed by atoms with van der Waals surface area (Å²) in [5, 5.41) is 0. The Hall–Kier alpha value is -3.02. The molecule has 1 aromatic heterocycles. The van der Waals surface area contributed by atoms with E-state index in [0.717, 1.165) is 17.7 Å². The van der Waals surface area contributed by atoms with E-state index in [-0.39, 0.29) is 11.6 Å². The van der Waals surface area contributed by atoms with Crippen molar-refractivity contribution in [2.24, 2.45) is 0 Å². The molecule has 0 fully saturated rings. The average molecular weight is 354 g/mol. The molecule has 0 N–H and O–H groups in total. The van der Waals surface area contributed by atoms with Crippen LogP contribution in [0.2, 0.25) is 0 Å². The minimum absolute atomic E-state index is 0.182. The Morgan fingerprint density at radius 3 is 2.65 bits per heavy atom. The van der Waals surface area contributed by atoms with E-state index in [0.29, 0.717) is 42.3 Å². The largest absolute Gasteiger partial charge is 0.441 e. The van der Waals surface area contributed by atoms with Crippen LogP contribution < -0.4 is 4.90 Å². The lowest BCUT2D eigenvalue weighted by atomic mass is 10.0. The zero-order chi connectivity index (χ0) is 18.3. The van der Waals surface area contributed by atoms with Gasteiger partial charge in [0.2, 0.25) is 5.89 Å². The molecule has 2 aromatic carbocycles. The van der Waals surface area contributed by atoms with Crippen LogP contribution in [0.15, 0.2) is 46.9 Å². The van der Waals surface area contributed by atoms with Gasteiger partial charge in [-0.05, 0) is 43.5 Å². The normalized spacial score (nSPS) is 13.6. The number of oxazole rings is 1.